The number of fused-ring (bicyclic) bond motifs is 1. The molecule has 5 rings (SSSR count). The molecule has 0 aliphatic carbocycles. The van der Waals surface area contributed by atoms with E-state index in [1.807, 2.05) is 56.3 Å². The summed E-state index contributed by atoms with van der Waals surface area (Å²) in [7, 11) is 1.53. The van der Waals surface area contributed by atoms with E-state index in [9.17, 15) is 4.79 Å². The second-order valence-corrected chi connectivity index (χ2v) is 9.27. The zero-order chi connectivity index (χ0) is 25.9. The minimum absolute atomic E-state index is 0.0376. The van der Waals surface area contributed by atoms with Crippen molar-refractivity contribution in [3.05, 3.63) is 95.2 Å². The van der Waals surface area contributed by atoms with Crippen LogP contribution in [0.1, 0.15) is 41.8 Å². The number of ether oxygens (including phenoxy) is 2. The van der Waals surface area contributed by atoms with Crippen molar-refractivity contribution in [3.63, 3.8) is 0 Å². The molecule has 0 unspecified atom stereocenters. The van der Waals surface area contributed by atoms with Crippen molar-refractivity contribution in [3.8, 4) is 16.9 Å². The van der Waals surface area contributed by atoms with Gasteiger partial charge < -0.3 is 9.47 Å². The maximum Gasteiger partial charge on any atom is 0.269 e. The minimum atomic E-state index is -0.245. The second-order valence-electron chi connectivity index (χ2n) is 9.27. The fraction of sp³-hybridized carbons (Fsp3) is 0.258. The Morgan fingerprint density at radius 1 is 0.973 bits per heavy atom. The average molecular weight is 494 g/mol. The van der Waals surface area contributed by atoms with Crippen molar-refractivity contribution in [2.45, 2.75) is 33.2 Å². The minimum Gasteiger partial charge on any atom is -0.494 e. The van der Waals surface area contributed by atoms with Crippen LogP contribution in [0.25, 0.3) is 22.0 Å². The number of carbonyl (C=O) groups excluding carboxylic acids is 1. The highest BCUT2D eigenvalue weighted by molar-refractivity contribution is 6.14. The summed E-state index contributed by atoms with van der Waals surface area (Å²) in [6.07, 6.45) is 0.573. The Hall–Kier alpha value is -4.03. The summed E-state index contributed by atoms with van der Waals surface area (Å²) in [5, 5.41) is 7.55. The van der Waals surface area contributed by atoms with Crippen LogP contribution in [0.4, 0.5) is 0 Å². The SMILES string of the molecule is CCOc1ccc([C@@H]2CC(c3c(C)nc4ccccc4c3-c3ccc(C)cc3)=NN2C(=O)COC)cc1. The lowest BCUT2D eigenvalue weighted by atomic mass is 9.89. The Morgan fingerprint density at radius 2 is 1.70 bits per heavy atom. The van der Waals surface area contributed by atoms with Crippen LogP contribution in [0, 0.1) is 13.8 Å². The number of carbonyl (C=O) groups is 1. The number of aromatic nitrogens is 1. The van der Waals surface area contributed by atoms with Gasteiger partial charge in [0.05, 0.1) is 23.9 Å². The highest BCUT2D eigenvalue weighted by Crippen LogP contribution is 2.39. The summed E-state index contributed by atoms with van der Waals surface area (Å²) in [6, 6.07) is 24.4. The molecule has 37 heavy (non-hydrogen) atoms. The van der Waals surface area contributed by atoms with Gasteiger partial charge in [0.15, 0.2) is 0 Å². The van der Waals surface area contributed by atoms with E-state index in [0.29, 0.717) is 13.0 Å². The van der Waals surface area contributed by atoms with Crippen LogP contribution in [0.5, 0.6) is 5.75 Å². The van der Waals surface area contributed by atoms with Crippen LogP contribution in [-0.2, 0) is 9.53 Å². The topological polar surface area (TPSA) is 64.0 Å². The van der Waals surface area contributed by atoms with Gasteiger partial charge in [-0.05, 0) is 50.1 Å². The van der Waals surface area contributed by atoms with Gasteiger partial charge in [-0.2, -0.15) is 5.10 Å². The zero-order valence-corrected chi connectivity index (χ0v) is 21.7. The smallest absolute Gasteiger partial charge is 0.269 e. The van der Waals surface area contributed by atoms with Crippen molar-refractivity contribution in [1.29, 1.82) is 0 Å². The predicted molar refractivity (Wildman–Crippen MR) is 147 cm³/mol. The molecule has 0 N–H and O–H groups in total. The van der Waals surface area contributed by atoms with Gasteiger partial charge in [0.1, 0.15) is 12.4 Å². The van der Waals surface area contributed by atoms with Crippen molar-refractivity contribution < 1.29 is 14.3 Å². The third-order valence-corrected chi connectivity index (χ3v) is 6.71. The van der Waals surface area contributed by atoms with Gasteiger partial charge in [0.2, 0.25) is 0 Å². The number of aryl methyl sites for hydroxylation is 2. The van der Waals surface area contributed by atoms with Crippen LogP contribution in [0.15, 0.2) is 77.9 Å². The first-order valence-corrected chi connectivity index (χ1v) is 12.6. The zero-order valence-electron chi connectivity index (χ0n) is 21.7. The molecule has 1 atom stereocenters. The number of nitrogens with zero attached hydrogens (tertiary/aromatic N) is 3. The molecule has 0 radical (unpaired) electrons. The lowest BCUT2D eigenvalue weighted by molar-refractivity contribution is -0.137. The van der Waals surface area contributed by atoms with E-state index < -0.39 is 0 Å². The average Bonchev–Trinajstić information content (AvgIpc) is 3.34. The second kappa shape index (κ2) is 10.5. The van der Waals surface area contributed by atoms with E-state index in [4.69, 9.17) is 19.6 Å². The van der Waals surface area contributed by atoms with Crippen LogP contribution < -0.4 is 4.74 Å². The van der Waals surface area contributed by atoms with Gasteiger partial charge in [-0.15, -0.1) is 0 Å². The number of hydrogen-bond donors (Lipinski definition) is 0. The van der Waals surface area contributed by atoms with Gasteiger partial charge in [-0.3, -0.25) is 9.78 Å². The molecule has 188 valence electrons. The molecule has 0 saturated heterocycles. The molecule has 4 aromatic rings. The number of amides is 1. The monoisotopic (exact) mass is 493 g/mol. The van der Waals surface area contributed by atoms with Crippen molar-refractivity contribution in [2.24, 2.45) is 5.10 Å². The van der Waals surface area contributed by atoms with Crippen molar-refractivity contribution in [2.75, 3.05) is 20.3 Å². The highest BCUT2D eigenvalue weighted by atomic mass is 16.5. The van der Waals surface area contributed by atoms with Crippen LogP contribution in [0.2, 0.25) is 0 Å². The molecule has 6 heteroatoms. The Balaban J connectivity index is 1.65. The molecule has 2 heterocycles. The third kappa shape index (κ3) is 4.85. The van der Waals surface area contributed by atoms with Crippen LogP contribution in [-0.4, -0.2) is 41.9 Å². The van der Waals surface area contributed by atoms with E-state index in [2.05, 4.69) is 37.3 Å². The van der Waals surface area contributed by atoms with Crippen LogP contribution in [0.3, 0.4) is 0 Å². The van der Waals surface area contributed by atoms with E-state index in [1.165, 1.54) is 12.7 Å². The molecule has 0 saturated carbocycles. The molecular formula is C31H31N3O3. The quantitative estimate of drug-likeness (QED) is 0.306. The molecular weight excluding hydrogens is 462 g/mol. The molecule has 0 fully saturated rings. The summed E-state index contributed by atoms with van der Waals surface area (Å²) in [5.74, 6) is 0.621. The molecule has 1 amide bonds. The van der Waals surface area contributed by atoms with Gasteiger partial charge in [-0.25, -0.2) is 5.01 Å². The summed E-state index contributed by atoms with van der Waals surface area (Å²) < 4.78 is 10.8. The predicted octanol–water partition coefficient (Wildman–Crippen LogP) is 6.24. The Labute approximate surface area is 217 Å². The summed E-state index contributed by atoms with van der Waals surface area (Å²) >= 11 is 0. The Kier molecular flexibility index (Phi) is 7.01. The summed E-state index contributed by atoms with van der Waals surface area (Å²) in [6.45, 7) is 6.63. The van der Waals surface area contributed by atoms with E-state index in [0.717, 1.165) is 50.3 Å². The van der Waals surface area contributed by atoms with Gasteiger partial charge >= 0.3 is 0 Å². The Bertz CT molecular complexity index is 1460. The molecule has 0 bridgehead atoms. The Morgan fingerprint density at radius 3 is 2.41 bits per heavy atom. The summed E-state index contributed by atoms with van der Waals surface area (Å²) in [5.41, 5.74) is 8.03. The molecule has 3 aromatic carbocycles. The van der Waals surface area contributed by atoms with Crippen molar-refractivity contribution in [1.82, 2.24) is 9.99 Å². The van der Waals surface area contributed by atoms with E-state index >= 15 is 0 Å². The van der Waals surface area contributed by atoms with Gasteiger partial charge in [-0.1, -0.05) is 60.2 Å². The largest absolute Gasteiger partial charge is 0.494 e. The molecule has 1 aromatic heterocycles. The number of para-hydroxylation sites is 1. The first-order valence-electron chi connectivity index (χ1n) is 12.6. The maximum atomic E-state index is 13.1. The first kappa shape index (κ1) is 24.7. The lowest BCUT2D eigenvalue weighted by Crippen LogP contribution is -2.30. The number of methoxy groups -OCH3 is 1. The fourth-order valence-electron chi connectivity index (χ4n) is 5.00. The summed E-state index contributed by atoms with van der Waals surface area (Å²) in [4.78, 5) is 18.1. The third-order valence-electron chi connectivity index (χ3n) is 6.71. The molecule has 1 aliphatic rings. The van der Waals surface area contributed by atoms with E-state index in [-0.39, 0.29) is 18.6 Å². The van der Waals surface area contributed by atoms with Gasteiger partial charge in [0, 0.05) is 35.7 Å². The number of hydrazone groups is 1. The fourth-order valence-corrected chi connectivity index (χ4v) is 5.00. The molecule has 1 aliphatic heterocycles. The molecule has 0 spiro atoms. The van der Waals surface area contributed by atoms with Crippen LogP contribution >= 0.6 is 0 Å². The first-order chi connectivity index (χ1) is 18.0. The highest BCUT2D eigenvalue weighted by Gasteiger charge is 2.35. The standard InChI is InChI=1S/C31H31N3O3/c1-5-37-24-16-14-22(15-17-24)28-18-27(33-34(28)29(35)19-36-4)30-21(3)32-26-9-7-6-8-25(26)31(30)23-12-10-20(2)11-13-23/h6-17,28H,5,18-19H2,1-4H3/t28-/m0/s1. The molecule has 6 nitrogen and oxygen atoms in total. The number of hydrogen-bond acceptors (Lipinski definition) is 5. The number of benzene rings is 3. The number of rotatable bonds is 7. The maximum absolute atomic E-state index is 13.1. The van der Waals surface area contributed by atoms with E-state index in [1.54, 1.807) is 5.01 Å². The number of pyridine rings is 1. The van der Waals surface area contributed by atoms with Crippen molar-refractivity contribution >= 4 is 22.5 Å². The lowest BCUT2D eigenvalue weighted by Gasteiger charge is -2.22. The van der Waals surface area contributed by atoms with Gasteiger partial charge in [0.25, 0.3) is 5.91 Å². The normalized spacial score (nSPS) is 15.2.